The maximum atomic E-state index is 12.9. The van der Waals surface area contributed by atoms with Crippen molar-refractivity contribution < 1.29 is 9.59 Å². The molecule has 5 nitrogen and oxygen atoms in total. The third-order valence-electron chi connectivity index (χ3n) is 5.07. The average Bonchev–Trinajstić information content (AvgIpc) is 3.06. The molecule has 0 bridgehead atoms. The number of amides is 2. The van der Waals surface area contributed by atoms with Gasteiger partial charge in [-0.1, -0.05) is 12.2 Å². The summed E-state index contributed by atoms with van der Waals surface area (Å²) in [4.78, 5) is 29.8. The molecule has 2 aromatic rings. The summed E-state index contributed by atoms with van der Waals surface area (Å²) in [5, 5.41) is 4.08. The van der Waals surface area contributed by atoms with Crippen LogP contribution in [0.4, 0.5) is 5.69 Å². The first-order valence-electron chi connectivity index (χ1n) is 8.55. The molecule has 0 spiro atoms. The standard InChI is InChI=1S/C19H21N3O2/c23-17-9-11-22(17)18(13-4-2-1-3-5-13)19(24)21-15-6-7-16-14(12-15)8-10-20-16/h1-2,6-8,10,12-13,18,20H,3-5,9,11H2,(H,21,24)/t13-,18+/m0/s1. The normalized spacial score (nSPS) is 21.6. The second-order valence-electron chi connectivity index (χ2n) is 6.60. The zero-order valence-corrected chi connectivity index (χ0v) is 13.5. The molecule has 24 heavy (non-hydrogen) atoms. The average molecular weight is 323 g/mol. The van der Waals surface area contributed by atoms with E-state index in [0.29, 0.717) is 13.0 Å². The van der Waals surface area contributed by atoms with Crippen LogP contribution >= 0.6 is 0 Å². The number of hydrogen-bond acceptors (Lipinski definition) is 2. The van der Waals surface area contributed by atoms with E-state index in [-0.39, 0.29) is 23.8 Å². The molecule has 2 amide bonds. The van der Waals surface area contributed by atoms with Crippen molar-refractivity contribution in [1.29, 1.82) is 0 Å². The molecule has 1 aliphatic heterocycles. The van der Waals surface area contributed by atoms with Crippen molar-refractivity contribution in [3.63, 3.8) is 0 Å². The van der Waals surface area contributed by atoms with Crippen molar-refractivity contribution in [1.82, 2.24) is 9.88 Å². The number of nitrogens with one attached hydrogen (secondary N) is 2. The Morgan fingerprint density at radius 2 is 2.21 bits per heavy atom. The number of allylic oxidation sites excluding steroid dienone is 2. The number of anilines is 1. The smallest absolute Gasteiger partial charge is 0.247 e. The maximum Gasteiger partial charge on any atom is 0.247 e. The Bertz CT molecular complexity index is 808. The molecule has 0 radical (unpaired) electrons. The molecule has 0 saturated carbocycles. The van der Waals surface area contributed by atoms with Crippen molar-refractivity contribution in [2.75, 3.05) is 11.9 Å². The van der Waals surface area contributed by atoms with E-state index in [9.17, 15) is 9.59 Å². The van der Waals surface area contributed by atoms with Gasteiger partial charge in [-0.05, 0) is 49.4 Å². The van der Waals surface area contributed by atoms with Gasteiger partial charge >= 0.3 is 0 Å². The van der Waals surface area contributed by atoms with Crippen LogP contribution in [0.15, 0.2) is 42.6 Å². The summed E-state index contributed by atoms with van der Waals surface area (Å²) < 4.78 is 0. The van der Waals surface area contributed by atoms with E-state index in [1.54, 1.807) is 4.90 Å². The minimum Gasteiger partial charge on any atom is -0.361 e. The van der Waals surface area contributed by atoms with Crippen molar-refractivity contribution in [2.24, 2.45) is 5.92 Å². The van der Waals surface area contributed by atoms with Crippen LogP contribution in [0, 0.1) is 5.92 Å². The SMILES string of the molecule is O=C(Nc1ccc2[nH]ccc2c1)[C@@H]([C@H]1CC=CCC1)N1CCC1=O. The van der Waals surface area contributed by atoms with Gasteiger partial charge in [0.15, 0.2) is 0 Å². The Kier molecular flexibility index (Phi) is 3.84. The van der Waals surface area contributed by atoms with Gasteiger partial charge in [0, 0.05) is 35.8 Å². The number of carbonyl (C=O) groups excluding carboxylic acids is 2. The van der Waals surface area contributed by atoms with Crippen molar-refractivity contribution in [2.45, 2.75) is 31.7 Å². The van der Waals surface area contributed by atoms with Crippen molar-refractivity contribution >= 4 is 28.4 Å². The second kappa shape index (κ2) is 6.15. The van der Waals surface area contributed by atoms with E-state index in [1.807, 2.05) is 30.5 Å². The quantitative estimate of drug-likeness (QED) is 0.671. The summed E-state index contributed by atoms with van der Waals surface area (Å²) in [6.07, 6.45) is 9.52. The van der Waals surface area contributed by atoms with Gasteiger partial charge in [-0.3, -0.25) is 9.59 Å². The Morgan fingerprint density at radius 1 is 1.29 bits per heavy atom. The number of carbonyl (C=O) groups is 2. The van der Waals surface area contributed by atoms with Gasteiger partial charge in [0.1, 0.15) is 6.04 Å². The van der Waals surface area contributed by atoms with Gasteiger partial charge in [0.25, 0.3) is 0 Å². The lowest BCUT2D eigenvalue weighted by molar-refractivity contribution is -0.149. The Hall–Kier alpha value is -2.56. The minimum absolute atomic E-state index is 0.0711. The minimum atomic E-state index is -0.363. The number of benzene rings is 1. The summed E-state index contributed by atoms with van der Waals surface area (Å²) in [7, 11) is 0. The summed E-state index contributed by atoms with van der Waals surface area (Å²) in [5.74, 6) is 0.222. The number of β-lactam (4-membered cyclic amide) rings is 1. The molecular formula is C19H21N3O2. The molecule has 2 atom stereocenters. The number of hydrogen-bond donors (Lipinski definition) is 2. The van der Waals surface area contributed by atoms with E-state index in [2.05, 4.69) is 22.5 Å². The van der Waals surface area contributed by atoms with Crippen LogP contribution in [0.5, 0.6) is 0 Å². The molecule has 124 valence electrons. The third kappa shape index (κ3) is 2.70. The van der Waals surface area contributed by atoms with E-state index in [4.69, 9.17) is 0 Å². The van der Waals surface area contributed by atoms with Gasteiger partial charge in [-0.15, -0.1) is 0 Å². The summed E-state index contributed by atoms with van der Waals surface area (Å²) >= 11 is 0. The predicted octanol–water partition coefficient (Wildman–Crippen LogP) is 3.06. The van der Waals surface area contributed by atoms with Crippen LogP contribution in [0.1, 0.15) is 25.7 Å². The highest BCUT2D eigenvalue weighted by Crippen LogP contribution is 2.29. The van der Waals surface area contributed by atoms with E-state index in [1.165, 1.54) is 0 Å². The number of aromatic nitrogens is 1. The number of nitrogens with zero attached hydrogens (tertiary/aromatic N) is 1. The number of likely N-dealkylation sites (tertiary alicyclic amines) is 1. The molecule has 5 heteroatoms. The molecule has 0 unspecified atom stereocenters. The highest BCUT2D eigenvalue weighted by molar-refractivity contribution is 5.99. The fraction of sp³-hybridized carbons (Fsp3) is 0.368. The Morgan fingerprint density at radius 3 is 2.92 bits per heavy atom. The van der Waals surface area contributed by atoms with Crippen molar-refractivity contribution in [3.05, 3.63) is 42.6 Å². The molecule has 1 fully saturated rings. The number of rotatable bonds is 4. The molecule has 2 heterocycles. The van der Waals surface area contributed by atoms with Gasteiger partial charge in [-0.2, -0.15) is 0 Å². The van der Waals surface area contributed by atoms with E-state index < -0.39 is 0 Å². The van der Waals surface area contributed by atoms with Crippen LogP contribution in [-0.4, -0.2) is 34.3 Å². The molecule has 1 saturated heterocycles. The number of H-pyrrole nitrogens is 1. The fourth-order valence-corrected chi connectivity index (χ4v) is 3.69. The van der Waals surface area contributed by atoms with Crippen LogP contribution in [0.2, 0.25) is 0 Å². The number of fused-ring (bicyclic) bond motifs is 1. The largest absolute Gasteiger partial charge is 0.361 e. The molecule has 2 N–H and O–H groups in total. The first-order valence-corrected chi connectivity index (χ1v) is 8.55. The predicted molar refractivity (Wildman–Crippen MR) is 93.5 cm³/mol. The lowest BCUT2D eigenvalue weighted by Gasteiger charge is -2.41. The summed E-state index contributed by atoms with van der Waals surface area (Å²) in [6.45, 7) is 0.688. The lowest BCUT2D eigenvalue weighted by Crippen LogP contribution is -2.57. The molecule has 2 aliphatic rings. The Labute approximate surface area is 140 Å². The highest BCUT2D eigenvalue weighted by Gasteiger charge is 2.40. The van der Waals surface area contributed by atoms with Gasteiger partial charge in [-0.25, -0.2) is 0 Å². The maximum absolute atomic E-state index is 12.9. The van der Waals surface area contributed by atoms with Crippen molar-refractivity contribution in [3.8, 4) is 0 Å². The molecule has 1 aliphatic carbocycles. The van der Waals surface area contributed by atoms with Crippen LogP contribution in [0.3, 0.4) is 0 Å². The highest BCUT2D eigenvalue weighted by atomic mass is 16.2. The zero-order valence-electron chi connectivity index (χ0n) is 13.5. The molecule has 1 aromatic heterocycles. The van der Waals surface area contributed by atoms with Gasteiger partial charge in [0.05, 0.1) is 0 Å². The third-order valence-corrected chi connectivity index (χ3v) is 5.07. The fourth-order valence-electron chi connectivity index (χ4n) is 3.69. The summed E-state index contributed by atoms with van der Waals surface area (Å²) in [5.41, 5.74) is 1.82. The number of aromatic amines is 1. The molecular weight excluding hydrogens is 302 g/mol. The van der Waals surface area contributed by atoms with E-state index >= 15 is 0 Å². The summed E-state index contributed by atoms with van der Waals surface area (Å²) in [6, 6.07) is 7.43. The first-order chi connectivity index (χ1) is 11.7. The van der Waals surface area contributed by atoms with Crippen LogP contribution in [-0.2, 0) is 9.59 Å². The molecule has 1 aromatic carbocycles. The van der Waals surface area contributed by atoms with Crippen LogP contribution in [0.25, 0.3) is 10.9 Å². The Balaban J connectivity index is 1.55. The van der Waals surface area contributed by atoms with Crippen LogP contribution < -0.4 is 5.32 Å². The lowest BCUT2D eigenvalue weighted by atomic mass is 9.85. The van der Waals surface area contributed by atoms with Gasteiger partial charge < -0.3 is 15.2 Å². The topological polar surface area (TPSA) is 65.2 Å². The van der Waals surface area contributed by atoms with E-state index in [0.717, 1.165) is 35.9 Å². The zero-order chi connectivity index (χ0) is 16.5. The molecule has 4 rings (SSSR count). The van der Waals surface area contributed by atoms with Gasteiger partial charge in [0.2, 0.25) is 11.8 Å². The second-order valence-corrected chi connectivity index (χ2v) is 6.60. The first kappa shape index (κ1) is 15.0. The monoisotopic (exact) mass is 323 g/mol.